The van der Waals surface area contributed by atoms with E-state index in [0.717, 1.165) is 15.6 Å². The van der Waals surface area contributed by atoms with Crippen LogP contribution in [0.4, 0.5) is 4.79 Å². The number of carbonyl (C=O) groups is 2. The maximum absolute atomic E-state index is 11.9. The predicted octanol–water partition coefficient (Wildman–Crippen LogP) is 3.93. The van der Waals surface area contributed by atoms with Crippen LogP contribution in [-0.4, -0.2) is 25.2 Å². The summed E-state index contributed by atoms with van der Waals surface area (Å²) in [6.07, 6.45) is 2.58. The second-order valence-corrected chi connectivity index (χ2v) is 5.94. The van der Waals surface area contributed by atoms with Crippen molar-refractivity contribution in [3.05, 3.63) is 76.3 Å². The zero-order chi connectivity index (χ0) is 18.1. The summed E-state index contributed by atoms with van der Waals surface area (Å²) in [6.45, 7) is 0.120. The van der Waals surface area contributed by atoms with Crippen LogP contribution in [0.15, 0.2) is 65.1 Å². The van der Waals surface area contributed by atoms with Crippen LogP contribution in [-0.2, 0) is 20.9 Å². The summed E-state index contributed by atoms with van der Waals surface area (Å²) < 4.78 is 10.7. The van der Waals surface area contributed by atoms with Gasteiger partial charge in [-0.25, -0.2) is 9.59 Å². The number of ether oxygens (including phenoxy) is 2. The molecule has 0 heterocycles. The summed E-state index contributed by atoms with van der Waals surface area (Å²) in [5.41, 5.74) is 1.73. The molecule has 0 saturated carbocycles. The molecule has 0 aliphatic heterocycles. The number of amides is 1. The van der Waals surface area contributed by atoms with E-state index in [1.807, 2.05) is 54.6 Å². The first-order valence-electron chi connectivity index (χ1n) is 7.58. The molecule has 130 valence electrons. The highest BCUT2D eigenvalue weighted by atomic mass is 79.9. The second-order valence-electron chi connectivity index (χ2n) is 5.09. The maximum Gasteiger partial charge on any atom is 0.408 e. The molecule has 0 aliphatic rings. The van der Waals surface area contributed by atoms with Gasteiger partial charge >= 0.3 is 12.1 Å². The molecular formula is C19H18BrNO4. The van der Waals surface area contributed by atoms with E-state index < -0.39 is 18.1 Å². The Bertz CT molecular complexity index is 746. The van der Waals surface area contributed by atoms with Gasteiger partial charge in [0.25, 0.3) is 0 Å². The Balaban J connectivity index is 1.98. The first-order chi connectivity index (χ1) is 12.1. The number of hydrogen-bond acceptors (Lipinski definition) is 4. The molecule has 25 heavy (non-hydrogen) atoms. The fourth-order valence-corrected chi connectivity index (χ4v) is 2.43. The third kappa shape index (κ3) is 6.08. The van der Waals surface area contributed by atoms with Crippen molar-refractivity contribution in [2.75, 3.05) is 7.11 Å². The number of halogens is 1. The predicted molar refractivity (Wildman–Crippen MR) is 98.7 cm³/mol. The lowest BCUT2D eigenvalue weighted by molar-refractivity contribution is -0.141. The van der Waals surface area contributed by atoms with Crippen molar-refractivity contribution in [1.82, 2.24) is 5.32 Å². The van der Waals surface area contributed by atoms with Crippen molar-refractivity contribution in [3.63, 3.8) is 0 Å². The molecule has 0 aromatic heterocycles. The maximum atomic E-state index is 11.9. The van der Waals surface area contributed by atoms with E-state index >= 15 is 0 Å². The molecule has 0 radical (unpaired) electrons. The van der Waals surface area contributed by atoms with Crippen molar-refractivity contribution < 1.29 is 19.1 Å². The Morgan fingerprint density at radius 3 is 2.48 bits per heavy atom. The van der Waals surface area contributed by atoms with E-state index in [1.54, 1.807) is 12.2 Å². The summed E-state index contributed by atoms with van der Waals surface area (Å²) >= 11 is 3.42. The molecule has 2 rings (SSSR count). The van der Waals surface area contributed by atoms with Crippen molar-refractivity contribution in [2.24, 2.45) is 0 Å². The van der Waals surface area contributed by atoms with Gasteiger partial charge in [-0.05, 0) is 17.2 Å². The summed E-state index contributed by atoms with van der Waals surface area (Å²) in [5.74, 6) is -0.583. The first kappa shape index (κ1) is 18.7. The number of rotatable bonds is 6. The average Bonchev–Trinajstić information content (AvgIpc) is 2.64. The lowest BCUT2D eigenvalue weighted by Gasteiger charge is -2.13. The average molecular weight is 404 g/mol. The minimum absolute atomic E-state index is 0.120. The Kier molecular flexibility index (Phi) is 7.22. The number of esters is 1. The molecule has 0 bridgehead atoms. The van der Waals surface area contributed by atoms with Crippen LogP contribution in [0.25, 0.3) is 6.08 Å². The Morgan fingerprint density at radius 1 is 1.12 bits per heavy atom. The van der Waals surface area contributed by atoms with Crippen LogP contribution in [0, 0.1) is 0 Å². The zero-order valence-electron chi connectivity index (χ0n) is 13.6. The lowest BCUT2D eigenvalue weighted by Crippen LogP contribution is -2.40. The highest BCUT2D eigenvalue weighted by Gasteiger charge is 2.19. The molecule has 1 N–H and O–H groups in total. The number of methoxy groups -OCH3 is 1. The van der Waals surface area contributed by atoms with E-state index in [0.29, 0.717) is 0 Å². The van der Waals surface area contributed by atoms with Gasteiger partial charge in [-0.2, -0.15) is 0 Å². The van der Waals surface area contributed by atoms with Crippen LogP contribution >= 0.6 is 15.9 Å². The van der Waals surface area contributed by atoms with E-state index in [4.69, 9.17) is 9.47 Å². The minimum atomic E-state index is -0.944. The van der Waals surface area contributed by atoms with E-state index in [9.17, 15) is 9.59 Å². The summed E-state index contributed by atoms with van der Waals surface area (Å²) in [4.78, 5) is 23.8. The molecule has 1 amide bonds. The van der Waals surface area contributed by atoms with Gasteiger partial charge in [0.1, 0.15) is 12.6 Å². The highest BCUT2D eigenvalue weighted by Crippen LogP contribution is 2.17. The van der Waals surface area contributed by atoms with Crippen molar-refractivity contribution >= 4 is 34.1 Å². The standard InChI is InChI=1S/C19H18BrNO4/c1-24-18(22)17(12-11-15-9-5-6-10-16(15)20)21-19(23)25-13-14-7-3-2-4-8-14/h2-12,17H,13H2,1H3,(H,21,23)/b12-11+/t17-/m0/s1. The van der Waals surface area contributed by atoms with Gasteiger partial charge in [-0.3, -0.25) is 0 Å². The molecule has 0 fully saturated rings. The van der Waals surface area contributed by atoms with Gasteiger partial charge < -0.3 is 14.8 Å². The molecule has 2 aromatic rings. The fraction of sp³-hybridized carbons (Fsp3) is 0.158. The van der Waals surface area contributed by atoms with Crippen LogP contribution in [0.1, 0.15) is 11.1 Å². The summed E-state index contributed by atoms with van der Waals surface area (Å²) in [7, 11) is 1.26. The van der Waals surface area contributed by atoms with Crippen LogP contribution in [0.3, 0.4) is 0 Å². The molecule has 6 heteroatoms. The van der Waals surface area contributed by atoms with Gasteiger partial charge in [0.15, 0.2) is 0 Å². The SMILES string of the molecule is COC(=O)[C@H](/C=C/c1ccccc1Br)NC(=O)OCc1ccccc1. The third-order valence-corrected chi connectivity index (χ3v) is 4.04. The minimum Gasteiger partial charge on any atom is -0.467 e. The Morgan fingerprint density at radius 2 is 1.80 bits per heavy atom. The zero-order valence-corrected chi connectivity index (χ0v) is 15.2. The van der Waals surface area contributed by atoms with Crippen LogP contribution < -0.4 is 5.32 Å². The normalized spacial score (nSPS) is 11.8. The van der Waals surface area contributed by atoms with E-state index in [-0.39, 0.29) is 6.61 Å². The van der Waals surface area contributed by atoms with Crippen LogP contribution in [0.5, 0.6) is 0 Å². The summed E-state index contributed by atoms with van der Waals surface area (Å²) in [5, 5.41) is 2.49. The molecule has 2 aromatic carbocycles. The van der Waals surface area contributed by atoms with Gasteiger partial charge in [-0.15, -0.1) is 0 Å². The monoisotopic (exact) mass is 403 g/mol. The van der Waals surface area contributed by atoms with Gasteiger partial charge in [0.2, 0.25) is 0 Å². The van der Waals surface area contributed by atoms with Crippen molar-refractivity contribution in [1.29, 1.82) is 0 Å². The number of benzene rings is 2. The van der Waals surface area contributed by atoms with Gasteiger partial charge in [0, 0.05) is 4.47 Å². The van der Waals surface area contributed by atoms with Crippen molar-refractivity contribution in [3.8, 4) is 0 Å². The Labute approximate surface area is 154 Å². The lowest BCUT2D eigenvalue weighted by atomic mass is 10.1. The molecule has 0 saturated heterocycles. The van der Waals surface area contributed by atoms with E-state index in [2.05, 4.69) is 21.2 Å². The molecule has 0 unspecified atom stereocenters. The third-order valence-electron chi connectivity index (χ3n) is 3.31. The second kappa shape index (κ2) is 9.64. The topological polar surface area (TPSA) is 64.6 Å². The number of carbonyl (C=O) groups excluding carboxylic acids is 2. The molecule has 5 nitrogen and oxygen atoms in total. The molecule has 1 atom stereocenters. The van der Waals surface area contributed by atoms with Gasteiger partial charge in [-0.1, -0.05) is 76.6 Å². The fourth-order valence-electron chi connectivity index (χ4n) is 2.01. The molecular weight excluding hydrogens is 386 g/mol. The number of hydrogen-bond donors (Lipinski definition) is 1. The molecule has 0 aliphatic carbocycles. The van der Waals surface area contributed by atoms with E-state index in [1.165, 1.54) is 7.11 Å². The Hall–Kier alpha value is -2.60. The first-order valence-corrected chi connectivity index (χ1v) is 8.37. The summed E-state index contributed by atoms with van der Waals surface area (Å²) in [6, 6.07) is 15.9. The van der Waals surface area contributed by atoms with Crippen molar-refractivity contribution in [2.45, 2.75) is 12.6 Å². The number of nitrogens with one attached hydrogen (secondary N) is 1. The highest BCUT2D eigenvalue weighted by molar-refractivity contribution is 9.10. The molecule has 0 spiro atoms. The smallest absolute Gasteiger partial charge is 0.408 e. The number of alkyl carbamates (subject to hydrolysis) is 1. The quantitative estimate of drug-likeness (QED) is 0.742. The van der Waals surface area contributed by atoms with Crippen LogP contribution in [0.2, 0.25) is 0 Å². The largest absolute Gasteiger partial charge is 0.467 e. The van der Waals surface area contributed by atoms with Gasteiger partial charge in [0.05, 0.1) is 7.11 Å².